The van der Waals surface area contributed by atoms with Crippen molar-refractivity contribution in [2.75, 3.05) is 25.6 Å². The van der Waals surface area contributed by atoms with E-state index in [9.17, 15) is 9.59 Å². The third-order valence-corrected chi connectivity index (χ3v) is 7.86. The van der Waals surface area contributed by atoms with Crippen LogP contribution in [0.1, 0.15) is 32.9 Å². The molecule has 0 saturated heterocycles. The first-order valence-corrected chi connectivity index (χ1v) is 16.1. The molecule has 1 heterocycles. The van der Waals surface area contributed by atoms with Gasteiger partial charge in [-0.1, -0.05) is 78.9 Å². The summed E-state index contributed by atoms with van der Waals surface area (Å²) in [7, 11) is 1.35. The van der Waals surface area contributed by atoms with Crippen molar-refractivity contribution in [3.05, 3.63) is 156 Å². The number of nitrogens with zero attached hydrogens (tertiary/aromatic N) is 1. The van der Waals surface area contributed by atoms with Crippen LogP contribution in [0.2, 0.25) is 0 Å². The fraction of sp³-hybridized carbons (Fsp3) is 0.175. The van der Waals surface area contributed by atoms with E-state index < -0.39 is 12.0 Å². The number of ketones is 1. The normalized spacial score (nSPS) is 11.5. The van der Waals surface area contributed by atoms with Crippen LogP contribution in [0.4, 0.5) is 5.69 Å². The Balaban J connectivity index is 1.04. The lowest BCUT2D eigenvalue weighted by Gasteiger charge is -2.20. The summed E-state index contributed by atoms with van der Waals surface area (Å²) in [4.78, 5) is 31.1. The van der Waals surface area contributed by atoms with Crippen LogP contribution in [0.3, 0.4) is 0 Å². The number of esters is 1. The molecule has 1 aromatic heterocycles. The minimum Gasteiger partial charge on any atom is -0.492 e. The molecular formula is C40H37N3O6. The molecule has 0 fully saturated rings. The second-order valence-corrected chi connectivity index (χ2v) is 11.3. The molecular weight excluding hydrogens is 618 g/mol. The molecule has 6 aromatic rings. The largest absolute Gasteiger partial charge is 0.492 e. The predicted molar refractivity (Wildman–Crippen MR) is 188 cm³/mol. The Morgan fingerprint density at radius 3 is 2.37 bits per heavy atom. The maximum Gasteiger partial charge on any atom is 0.328 e. The molecule has 0 saturated carbocycles. The molecule has 6 rings (SSSR count). The van der Waals surface area contributed by atoms with Crippen molar-refractivity contribution in [1.82, 2.24) is 10.3 Å². The summed E-state index contributed by atoms with van der Waals surface area (Å²) in [5, 5.41) is 6.54. The first kappa shape index (κ1) is 33.0. The molecule has 248 valence electrons. The molecule has 0 aliphatic carbocycles. The van der Waals surface area contributed by atoms with Crippen molar-refractivity contribution in [1.29, 1.82) is 0 Å². The van der Waals surface area contributed by atoms with Crippen LogP contribution in [0, 0.1) is 0 Å². The Kier molecular flexibility index (Phi) is 10.9. The van der Waals surface area contributed by atoms with Crippen LogP contribution in [0.5, 0.6) is 11.5 Å². The first-order valence-electron chi connectivity index (χ1n) is 16.1. The molecule has 0 spiro atoms. The summed E-state index contributed by atoms with van der Waals surface area (Å²) in [6.07, 6.45) is 0.338. The van der Waals surface area contributed by atoms with Gasteiger partial charge in [-0.3, -0.25) is 4.79 Å². The predicted octanol–water partition coefficient (Wildman–Crippen LogP) is 7.00. The molecule has 49 heavy (non-hydrogen) atoms. The lowest BCUT2D eigenvalue weighted by molar-refractivity contribution is -0.141. The van der Waals surface area contributed by atoms with E-state index in [-0.39, 0.29) is 5.78 Å². The van der Waals surface area contributed by atoms with Gasteiger partial charge in [0, 0.05) is 29.8 Å². The molecule has 2 N–H and O–H groups in total. The van der Waals surface area contributed by atoms with Gasteiger partial charge in [-0.2, -0.15) is 0 Å². The average molecular weight is 656 g/mol. The van der Waals surface area contributed by atoms with Gasteiger partial charge in [0.25, 0.3) is 0 Å². The molecule has 9 heteroatoms. The number of carbonyl (C=O) groups excluding carboxylic acids is 2. The standard InChI is InChI=1S/C40H37N3O6/c1-46-40(45)36(24-28-18-20-31(21-19-28)47-23-22-41-26-38-43-35-16-7-8-17-37(35)49-38)42-34-15-6-5-14-33(34)39(44)30-12-9-13-32(25-30)48-27-29-10-3-2-4-11-29/h2-21,25,36,41-42H,22-24,26-27H2,1H3. The summed E-state index contributed by atoms with van der Waals surface area (Å²) in [6.45, 7) is 1.96. The molecule has 0 bridgehead atoms. The Morgan fingerprint density at radius 1 is 0.776 bits per heavy atom. The SMILES string of the molecule is COC(=O)C(Cc1ccc(OCCNCc2nc3ccccc3o2)cc1)Nc1ccccc1C(=O)c1cccc(OCc2ccccc2)c1. The molecule has 0 radical (unpaired) electrons. The quantitative estimate of drug-likeness (QED) is 0.0647. The zero-order valence-corrected chi connectivity index (χ0v) is 27.1. The van der Waals surface area contributed by atoms with Crippen LogP contribution in [0.25, 0.3) is 11.1 Å². The molecule has 1 unspecified atom stereocenters. The number of nitrogens with one attached hydrogen (secondary N) is 2. The number of methoxy groups -OCH3 is 1. The number of hydrogen-bond donors (Lipinski definition) is 2. The summed E-state index contributed by atoms with van der Waals surface area (Å²) in [5.74, 6) is 1.30. The smallest absolute Gasteiger partial charge is 0.328 e. The van der Waals surface area contributed by atoms with Gasteiger partial charge < -0.3 is 29.3 Å². The number of para-hydroxylation sites is 3. The summed E-state index contributed by atoms with van der Waals surface area (Å²) >= 11 is 0. The summed E-state index contributed by atoms with van der Waals surface area (Å²) in [6, 6.07) is 38.6. The Morgan fingerprint density at radius 2 is 1.55 bits per heavy atom. The second-order valence-electron chi connectivity index (χ2n) is 11.3. The van der Waals surface area contributed by atoms with Crippen molar-refractivity contribution in [2.24, 2.45) is 0 Å². The van der Waals surface area contributed by atoms with Crippen LogP contribution in [0.15, 0.2) is 132 Å². The minimum absolute atomic E-state index is 0.193. The molecule has 0 amide bonds. The van der Waals surface area contributed by atoms with Crippen molar-refractivity contribution in [3.63, 3.8) is 0 Å². The minimum atomic E-state index is -0.734. The Hall–Kier alpha value is -5.93. The van der Waals surface area contributed by atoms with Crippen LogP contribution >= 0.6 is 0 Å². The number of rotatable bonds is 16. The van der Waals surface area contributed by atoms with Crippen LogP contribution in [-0.4, -0.2) is 43.0 Å². The van der Waals surface area contributed by atoms with Gasteiger partial charge >= 0.3 is 5.97 Å². The van der Waals surface area contributed by atoms with E-state index in [0.29, 0.717) is 66.9 Å². The second kappa shape index (κ2) is 16.3. The van der Waals surface area contributed by atoms with Crippen molar-refractivity contribution < 1.29 is 28.2 Å². The van der Waals surface area contributed by atoms with Gasteiger partial charge in [0.1, 0.15) is 36.3 Å². The number of benzene rings is 5. The van der Waals surface area contributed by atoms with E-state index in [1.54, 1.807) is 36.4 Å². The fourth-order valence-electron chi connectivity index (χ4n) is 5.34. The topological polar surface area (TPSA) is 112 Å². The number of aromatic nitrogens is 1. The first-order chi connectivity index (χ1) is 24.1. The number of anilines is 1. The van der Waals surface area contributed by atoms with Gasteiger partial charge in [0.2, 0.25) is 5.89 Å². The number of hydrogen-bond acceptors (Lipinski definition) is 9. The van der Waals surface area contributed by atoms with Gasteiger partial charge in [-0.05, 0) is 59.7 Å². The van der Waals surface area contributed by atoms with E-state index in [2.05, 4.69) is 15.6 Å². The van der Waals surface area contributed by atoms with E-state index >= 15 is 0 Å². The third kappa shape index (κ3) is 8.91. The highest BCUT2D eigenvalue weighted by Gasteiger charge is 2.23. The maximum atomic E-state index is 13.7. The van der Waals surface area contributed by atoms with E-state index in [1.165, 1.54) is 7.11 Å². The highest BCUT2D eigenvalue weighted by molar-refractivity contribution is 6.12. The van der Waals surface area contributed by atoms with Gasteiger partial charge in [-0.25, -0.2) is 9.78 Å². The van der Waals surface area contributed by atoms with E-state index in [0.717, 1.165) is 22.2 Å². The molecule has 9 nitrogen and oxygen atoms in total. The number of fused-ring (bicyclic) bond motifs is 1. The van der Waals surface area contributed by atoms with Gasteiger partial charge in [-0.15, -0.1) is 0 Å². The van der Waals surface area contributed by atoms with E-state index in [4.69, 9.17) is 18.6 Å². The summed E-state index contributed by atoms with van der Waals surface area (Å²) < 4.78 is 22.7. The van der Waals surface area contributed by atoms with Crippen LogP contribution < -0.4 is 20.1 Å². The van der Waals surface area contributed by atoms with Gasteiger partial charge in [0.05, 0.1) is 13.7 Å². The Labute approximate surface area is 284 Å². The zero-order chi connectivity index (χ0) is 33.8. The highest BCUT2D eigenvalue weighted by atomic mass is 16.5. The lowest BCUT2D eigenvalue weighted by atomic mass is 10.00. The van der Waals surface area contributed by atoms with E-state index in [1.807, 2.05) is 91.0 Å². The molecule has 5 aromatic carbocycles. The Bertz CT molecular complexity index is 1960. The third-order valence-electron chi connectivity index (χ3n) is 7.86. The average Bonchev–Trinajstić information content (AvgIpc) is 3.57. The number of carbonyl (C=O) groups is 2. The van der Waals surface area contributed by atoms with Crippen molar-refractivity contribution in [2.45, 2.75) is 25.6 Å². The maximum absolute atomic E-state index is 13.7. The number of oxazole rings is 1. The monoisotopic (exact) mass is 655 g/mol. The lowest BCUT2D eigenvalue weighted by Crippen LogP contribution is -2.33. The molecule has 1 atom stereocenters. The molecule has 0 aliphatic heterocycles. The number of ether oxygens (including phenoxy) is 3. The zero-order valence-electron chi connectivity index (χ0n) is 27.1. The summed E-state index contributed by atoms with van der Waals surface area (Å²) in [5.41, 5.74) is 4.98. The van der Waals surface area contributed by atoms with Crippen molar-refractivity contribution >= 4 is 28.5 Å². The van der Waals surface area contributed by atoms with Crippen LogP contribution in [-0.2, 0) is 29.1 Å². The fourth-order valence-corrected chi connectivity index (χ4v) is 5.34. The van der Waals surface area contributed by atoms with Crippen molar-refractivity contribution in [3.8, 4) is 11.5 Å². The van der Waals surface area contributed by atoms with Gasteiger partial charge in [0.15, 0.2) is 11.4 Å². The highest BCUT2D eigenvalue weighted by Crippen LogP contribution is 2.24. The molecule has 0 aliphatic rings.